The van der Waals surface area contributed by atoms with Crippen LogP contribution in [-0.2, 0) is 19.6 Å². The van der Waals surface area contributed by atoms with E-state index in [0.29, 0.717) is 16.8 Å². The van der Waals surface area contributed by atoms with Crippen molar-refractivity contribution in [2.75, 3.05) is 13.1 Å². The molecule has 1 aliphatic rings. The van der Waals surface area contributed by atoms with E-state index in [1.807, 2.05) is 6.07 Å². The van der Waals surface area contributed by atoms with Gasteiger partial charge in [-0.05, 0) is 56.3 Å². The van der Waals surface area contributed by atoms with Gasteiger partial charge >= 0.3 is 0 Å². The van der Waals surface area contributed by atoms with E-state index in [9.17, 15) is 4.79 Å². The second-order valence-corrected chi connectivity index (χ2v) is 9.17. The van der Waals surface area contributed by atoms with E-state index in [-0.39, 0.29) is 24.6 Å². The smallest absolute Gasteiger partial charge is 0.258 e. The lowest BCUT2D eigenvalue weighted by Gasteiger charge is -2.23. The molecule has 0 fully saturated rings. The van der Waals surface area contributed by atoms with Crippen LogP contribution in [0.3, 0.4) is 0 Å². The van der Waals surface area contributed by atoms with Crippen molar-refractivity contribution >= 4 is 34.9 Å². The van der Waals surface area contributed by atoms with Crippen molar-refractivity contribution in [1.82, 2.24) is 19.0 Å². The Kier molecular flexibility index (Phi) is 7.31. The maximum absolute atomic E-state index is 12.8. The predicted molar refractivity (Wildman–Crippen MR) is 139 cm³/mol. The molecule has 1 aliphatic heterocycles. The quantitative estimate of drug-likeness (QED) is 0.383. The van der Waals surface area contributed by atoms with Gasteiger partial charge < -0.3 is 9.30 Å². The van der Waals surface area contributed by atoms with Crippen molar-refractivity contribution in [3.63, 3.8) is 0 Å². The number of halogens is 2. The Morgan fingerprint density at radius 1 is 1.06 bits per heavy atom. The summed E-state index contributed by atoms with van der Waals surface area (Å²) in [5.74, 6) is 0.513. The first-order valence-corrected chi connectivity index (χ1v) is 11.7. The van der Waals surface area contributed by atoms with Crippen LogP contribution < -0.4 is 10.3 Å². The van der Waals surface area contributed by atoms with Gasteiger partial charge in [0.15, 0.2) is 0 Å². The Balaban J connectivity index is 0.00000274. The number of fused-ring (bicyclic) bond motifs is 3. The molecule has 5 rings (SSSR count). The SMILES string of the molecule is CC(C)N1CCc2cc3cc(-n4ccc(OCc5ccc(Cl)cn5)cc4=O)ccc3n2CC1.Cl. The number of pyridine rings is 2. The van der Waals surface area contributed by atoms with E-state index < -0.39 is 0 Å². The number of ether oxygens (including phenoxy) is 1. The minimum atomic E-state index is -0.135. The van der Waals surface area contributed by atoms with Crippen LogP contribution in [-0.4, -0.2) is 38.1 Å². The van der Waals surface area contributed by atoms with Crippen LogP contribution in [0.15, 0.2) is 65.7 Å². The normalized spacial score (nSPS) is 14.0. The van der Waals surface area contributed by atoms with Gasteiger partial charge in [-0.3, -0.25) is 19.2 Å². The summed E-state index contributed by atoms with van der Waals surface area (Å²) in [7, 11) is 0. The summed E-state index contributed by atoms with van der Waals surface area (Å²) in [5.41, 5.74) is 4.05. The summed E-state index contributed by atoms with van der Waals surface area (Å²) >= 11 is 5.86. The first-order valence-electron chi connectivity index (χ1n) is 11.3. The third-order valence-corrected chi connectivity index (χ3v) is 6.54. The minimum absolute atomic E-state index is 0. The molecule has 0 bridgehead atoms. The van der Waals surface area contributed by atoms with E-state index in [4.69, 9.17) is 16.3 Å². The molecule has 0 atom stereocenters. The van der Waals surface area contributed by atoms with E-state index >= 15 is 0 Å². The van der Waals surface area contributed by atoms with Gasteiger partial charge in [0.2, 0.25) is 0 Å². The number of rotatable bonds is 5. The lowest BCUT2D eigenvalue weighted by atomic mass is 10.2. The Morgan fingerprint density at radius 3 is 2.65 bits per heavy atom. The monoisotopic (exact) mass is 498 g/mol. The van der Waals surface area contributed by atoms with Crippen molar-refractivity contribution in [2.24, 2.45) is 0 Å². The number of benzene rings is 1. The maximum Gasteiger partial charge on any atom is 0.258 e. The highest BCUT2D eigenvalue weighted by atomic mass is 35.5. The summed E-state index contributed by atoms with van der Waals surface area (Å²) < 4.78 is 9.81. The molecule has 6 nitrogen and oxygen atoms in total. The third-order valence-electron chi connectivity index (χ3n) is 6.31. The fourth-order valence-corrected chi connectivity index (χ4v) is 4.58. The van der Waals surface area contributed by atoms with Crippen LogP contribution in [0.4, 0.5) is 0 Å². The molecule has 0 saturated carbocycles. The molecule has 0 N–H and O–H groups in total. The number of hydrogen-bond donors (Lipinski definition) is 0. The zero-order valence-corrected chi connectivity index (χ0v) is 20.9. The van der Waals surface area contributed by atoms with Crippen molar-refractivity contribution in [3.8, 4) is 11.4 Å². The van der Waals surface area contributed by atoms with E-state index in [2.05, 4.69) is 46.5 Å². The van der Waals surface area contributed by atoms with Gasteiger partial charge in [-0.2, -0.15) is 0 Å². The van der Waals surface area contributed by atoms with Crippen LogP contribution in [0.1, 0.15) is 25.2 Å². The van der Waals surface area contributed by atoms with Crippen LogP contribution in [0.25, 0.3) is 16.6 Å². The van der Waals surface area contributed by atoms with Crippen LogP contribution in [0, 0.1) is 0 Å². The highest BCUT2D eigenvalue weighted by Gasteiger charge is 2.18. The molecule has 34 heavy (non-hydrogen) atoms. The molecular formula is C26H28Cl2N4O2. The first-order chi connectivity index (χ1) is 16.0. The molecule has 1 aromatic carbocycles. The minimum Gasteiger partial charge on any atom is -0.487 e. The lowest BCUT2D eigenvalue weighted by Crippen LogP contribution is -2.33. The fourth-order valence-electron chi connectivity index (χ4n) is 4.46. The average Bonchev–Trinajstić information content (AvgIpc) is 3.01. The molecule has 0 amide bonds. The van der Waals surface area contributed by atoms with Crippen LogP contribution >= 0.6 is 24.0 Å². The molecule has 0 radical (unpaired) electrons. The molecule has 0 unspecified atom stereocenters. The highest BCUT2D eigenvalue weighted by Crippen LogP contribution is 2.25. The topological polar surface area (TPSA) is 52.3 Å². The van der Waals surface area contributed by atoms with Crippen molar-refractivity contribution in [3.05, 3.63) is 87.7 Å². The third kappa shape index (κ3) is 4.99. The fraction of sp³-hybridized carbons (Fsp3) is 0.308. The molecule has 4 heterocycles. The Morgan fingerprint density at radius 2 is 1.91 bits per heavy atom. The van der Waals surface area contributed by atoms with E-state index in [1.165, 1.54) is 22.7 Å². The van der Waals surface area contributed by atoms with Crippen molar-refractivity contribution < 1.29 is 4.74 Å². The molecule has 0 aliphatic carbocycles. The van der Waals surface area contributed by atoms with E-state index in [0.717, 1.165) is 37.4 Å². The van der Waals surface area contributed by atoms with Crippen molar-refractivity contribution in [1.29, 1.82) is 0 Å². The van der Waals surface area contributed by atoms with Gasteiger partial charge in [0.1, 0.15) is 12.4 Å². The Bertz CT molecular complexity index is 1350. The van der Waals surface area contributed by atoms with Crippen LogP contribution in [0.5, 0.6) is 5.75 Å². The summed E-state index contributed by atoms with van der Waals surface area (Å²) in [5, 5.41) is 1.75. The largest absolute Gasteiger partial charge is 0.487 e. The van der Waals surface area contributed by atoms with E-state index in [1.54, 1.807) is 35.2 Å². The zero-order valence-electron chi connectivity index (χ0n) is 19.3. The summed E-state index contributed by atoms with van der Waals surface area (Å²) in [4.78, 5) is 19.5. The molecular weight excluding hydrogens is 471 g/mol. The Labute approximate surface area is 210 Å². The molecule has 3 aromatic heterocycles. The van der Waals surface area contributed by atoms with Gasteiger partial charge in [0.05, 0.1) is 10.7 Å². The summed E-state index contributed by atoms with van der Waals surface area (Å²) in [6.45, 7) is 7.92. The number of nitrogens with zero attached hydrogens (tertiary/aromatic N) is 4. The summed E-state index contributed by atoms with van der Waals surface area (Å²) in [6, 6.07) is 16.0. The molecule has 0 saturated heterocycles. The highest BCUT2D eigenvalue weighted by molar-refractivity contribution is 6.30. The summed E-state index contributed by atoms with van der Waals surface area (Å²) in [6.07, 6.45) is 4.38. The van der Waals surface area contributed by atoms with Crippen LogP contribution in [0.2, 0.25) is 5.02 Å². The first kappa shape index (κ1) is 24.3. The van der Waals surface area contributed by atoms with Gasteiger partial charge in [0.25, 0.3) is 5.56 Å². The maximum atomic E-state index is 12.8. The van der Waals surface area contributed by atoms with Gasteiger partial charge in [-0.1, -0.05) is 11.6 Å². The number of hydrogen-bond acceptors (Lipinski definition) is 4. The molecule has 0 spiro atoms. The lowest BCUT2D eigenvalue weighted by molar-refractivity contribution is 0.227. The predicted octanol–water partition coefficient (Wildman–Crippen LogP) is 5.11. The van der Waals surface area contributed by atoms with Gasteiger partial charge in [0, 0.05) is 72.8 Å². The van der Waals surface area contributed by atoms with Crippen molar-refractivity contribution in [2.45, 2.75) is 39.5 Å². The number of aromatic nitrogens is 3. The average molecular weight is 499 g/mol. The Hall–Kier alpha value is -2.80. The second kappa shape index (κ2) is 10.2. The zero-order chi connectivity index (χ0) is 22.9. The molecule has 178 valence electrons. The van der Waals surface area contributed by atoms with Gasteiger partial charge in [-0.15, -0.1) is 12.4 Å². The standard InChI is InChI=1S/C26H27ClN4O2.ClH/c1-18(2)29-9-7-23-14-19-13-22(5-6-25(19)30(23)12-11-29)31-10-8-24(15-26(31)32)33-17-21-4-3-20(27)16-28-21;/h3-6,8,10,13-16,18H,7,9,11-12,17H2,1-2H3;1H. The molecule has 4 aromatic rings. The molecule has 8 heteroatoms. The second-order valence-electron chi connectivity index (χ2n) is 8.74. The van der Waals surface area contributed by atoms with Gasteiger partial charge in [-0.25, -0.2) is 0 Å².